The van der Waals surface area contributed by atoms with Crippen LogP contribution in [-0.4, -0.2) is 89.1 Å². The molecule has 2 aromatic rings. The highest BCUT2D eigenvalue weighted by molar-refractivity contribution is 5.44. The van der Waals surface area contributed by atoms with E-state index in [0.29, 0.717) is 18.4 Å². The van der Waals surface area contributed by atoms with E-state index in [1.165, 1.54) is 19.3 Å². The van der Waals surface area contributed by atoms with E-state index in [2.05, 4.69) is 42.3 Å². The molecule has 0 amide bonds. The molecule has 0 atom stereocenters. The van der Waals surface area contributed by atoms with Crippen LogP contribution >= 0.6 is 0 Å². The molecule has 0 unspecified atom stereocenters. The van der Waals surface area contributed by atoms with Crippen molar-refractivity contribution < 1.29 is 0 Å². The number of anilines is 3. The quantitative estimate of drug-likeness (QED) is 0.671. The summed E-state index contributed by atoms with van der Waals surface area (Å²) in [6.07, 6.45) is 7.30. The molecule has 0 aromatic carbocycles. The predicted molar refractivity (Wildman–Crippen MR) is 120 cm³/mol. The maximum atomic E-state index is 4.72. The SMILES string of the molecule is CN1CCN(CCNc2nc(NCc3cccnc3)nc(N3CCCCC3)n2)CC1. The smallest absolute Gasteiger partial charge is 0.231 e. The van der Waals surface area contributed by atoms with E-state index in [1.54, 1.807) is 6.20 Å². The van der Waals surface area contributed by atoms with Crippen molar-refractivity contribution >= 4 is 17.8 Å². The molecule has 2 N–H and O–H groups in total. The fourth-order valence-electron chi connectivity index (χ4n) is 3.84. The summed E-state index contributed by atoms with van der Waals surface area (Å²) in [4.78, 5) is 25.3. The van der Waals surface area contributed by atoms with Crippen LogP contribution in [0.2, 0.25) is 0 Å². The number of hydrogen-bond acceptors (Lipinski definition) is 9. The number of hydrogen-bond donors (Lipinski definition) is 2. The Bertz CT molecular complexity index is 771. The molecule has 9 nitrogen and oxygen atoms in total. The lowest BCUT2D eigenvalue weighted by Crippen LogP contribution is -2.45. The molecule has 0 saturated carbocycles. The molecule has 162 valence electrons. The van der Waals surface area contributed by atoms with Crippen LogP contribution in [0.5, 0.6) is 0 Å². The van der Waals surface area contributed by atoms with Gasteiger partial charge >= 0.3 is 0 Å². The zero-order chi connectivity index (χ0) is 20.6. The van der Waals surface area contributed by atoms with Crippen molar-refractivity contribution in [3.05, 3.63) is 30.1 Å². The van der Waals surface area contributed by atoms with Crippen LogP contribution < -0.4 is 15.5 Å². The lowest BCUT2D eigenvalue weighted by molar-refractivity contribution is 0.158. The van der Waals surface area contributed by atoms with E-state index in [4.69, 9.17) is 9.97 Å². The van der Waals surface area contributed by atoms with Crippen molar-refractivity contribution in [1.29, 1.82) is 0 Å². The van der Waals surface area contributed by atoms with Crippen LogP contribution in [0.3, 0.4) is 0 Å². The largest absolute Gasteiger partial charge is 0.353 e. The van der Waals surface area contributed by atoms with Crippen molar-refractivity contribution in [2.24, 2.45) is 0 Å². The Morgan fingerprint density at radius 3 is 2.40 bits per heavy atom. The Labute approximate surface area is 178 Å². The fourth-order valence-corrected chi connectivity index (χ4v) is 3.84. The topological polar surface area (TPSA) is 85.3 Å². The second kappa shape index (κ2) is 10.5. The first-order valence-electron chi connectivity index (χ1n) is 11.0. The average molecular weight is 412 g/mol. The van der Waals surface area contributed by atoms with Gasteiger partial charge in [0.05, 0.1) is 0 Å². The Balaban J connectivity index is 1.40. The zero-order valence-electron chi connectivity index (χ0n) is 17.9. The molecule has 2 aromatic heterocycles. The normalized spacial score (nSPS) is 18.4. The third kappa shape index (κ3) is 5.99. The van der Waals surface area contributed by atoms with Crippen molar-refractivity contribution in [2.75, 3.05) is 74.9 Å². The average Bonchev–Trinajstić information content (AvgIpc) is 2.80. The van der Waals surface area contributed by atoms with E-state index in [1.807, 2.05) is 18.3 Å². The molecule has 2 saturated heterocycles. The van der Waals surface area contributed by atoms with E-state index in [9.17, 15) is 0 Å². The Morgan fingerprint density at radius 1 is 0.900 bits per heavy atom. The first-order chi connectivity index (χ1) is 14.8. The van der Waals surface area contributed by atoms with Crippen LogP contribution in [0.4, 0.5) is 17.8 Å². The summed E-state index contributed by atoms with van der Waals surface area (Å²) < 4.78 is 0. The number of nitrogens with one attached hydrogen (secondary N) is 2. The highest BCUT2D eigenvalue weighted by Gasteiger charge is 2.17. The number of nitrogens with zero attached hydrogens (tertiary/aromatic N) is 7. The first kappa shape index (κ1) is 20.7. The van der Waals surface area contributed by atoms with Gasteiger partial charge in [-0.05, 0) is 37.9 Å². The number of aromatic nitrogens is 4. The summed E-state index contributed by atoms with van der Waals surface area (Å²) in [6, 6.07) is 3.98. The fraction of sp³-hybridized carbons (Fsp3) is 0.619. The van der Waals surface area contributed by atoms with Gasteiger partial charge < -0.3 is 20.4 Å². The van der Waals surface area contributed by atoms with Crippen molar-refractivity contribution in [3.8, 4) is 0 Å². The Morgan fingerprint density at radius 2 is 1.67 bits per heavy atom. The highest BCUT2D eigenvalue weighted by Crippen LogP contribution is 2.19. The van der Waals surface area contributed by atoms with E-state index >= 15 is 0 Å². The number of piperidine rings is 1. The molecule has 2 aliphatic heterocycles. The second-order valence-electron chi connectivity index (χ2n) is 8.12. The summed E-state index contributed by atoms with van der Waals surface area (Å²) in [5, 5.41) is 6.77. The Hall–Kier alpha value is -2.52. The molecule has 0 aliphatic carbocycles. The number of likely N-dealkylation sites (N-methyl/N-ethyl adjacent to an activating group) is 1. The standard InChI is InChI=1S/C21H33N9/c1-28-12-14-29(15-13-28)11-8-23-19-25-20(24-17-18-6-5-7-22-16-18)27-21(26-19)30-9-3-2-4-10-30/h5-7,16H,2-4,8-15,17H2,1H3,(H2,23,24,25,26,27). The van der Waals surface area contributed by atoms with Gasteiger partial charge in [-0.2, -0.15) is 15.0 Å². The molecular weight excluding hydrogens is 378 g/mol. The van der Waals surface area contributed by atoms with Crippen molar-refractivity contribution in [2.45, 2.75) is 25.8 Å². The minimum Gasteiger partial charge on any atom is -0.353 e. The zero-order valence-corrected chi connectivity index (χ0v) is 17.9. The second-order valence-corrected chi connectivity index (χ2v) is 8.12. The van der Waals surface area contributed by atoms with E-state index in [0.717, 1.165) is 63.9 Å². The van der Waals surface area contributed by atoms with Crippen molar-refractivity contribution in [3.63, 3.8) is 0 Å². The molecular formula is C21H33N9. The summed E-state index contributed by atoms with van der Waals surface area (Å²) in [5.41, 5.74) is 1.10. The molecule has 2 fully saturated rings. The van der Waals surface area contributed by atoms with Gasteiger partial charge in [0, 0.05) is 71.3 Å². The van der Waals surface area contributed by atoms with E-state index < -0.39 is 0 Å². The lowest BCUT2D eigenvalue weighted by Gasteiger charge is -2.32. The van der Waals surface area contributed by atoms with Crippen LogP contribution in [0.15, 0.2) is 24.5 Å². The molecule has 0 spiro atoms. The monoisotopic (exact) mass is 411 g/mol. The lowest BCUT2D eigenvalue weighted by atomic mass is 10.1. The number of pyridine rings is 1. The van der Waals surface area contributed by atoms with Gasteiger partial charge in [0.1, 0.15) is 0 Å². The highest BCUT2D eigenvalue weighted by atomic mass is 15.3. The molecule has 4 heterocycles. The van der Waals surface area contributed by atoms with Gasteiger partial charge in [0.2, 0.25) is 17.8 Å². The molecule has 0 radical (unpaired) electrons. The molecule has 4 rings (SSSR count). The summed E-state index contributed by atoms with van der Waals surface area (Å²) in [5.74, 6) is 2.02. The minimum absolute atomic E-state index is 0.608. The molecule has 0 bridgehead atoms. The predicted octanol–water partition coefficient (Wildman–Crippen LogP) is 1.53. The molecule has 2 aliphatic rings. The van der Waals surface area contributed by atoms with Crippen LogP contribution in [-0.2, 0) is 6.54 Å². The maximum absolute atomic E-state index is 4.72. The number of rotatable bonds is 8. The van der Waals surface area contributed by atoms with Crippen LogP contribution in [0.25, 0.3) is 0 Å². The summed E-state index contributed by atoms with van der Waals surface area (Å²) >= 11 is 0. The molecule has 30 heavy (non-hydrogen) atoms. The van der Waals surface area contributed by atoms with Crippen LogP contribution in [0, 0.1) is 0 Å². The number of piperazine rings is 1. The third-order valence-electron chi connectivity index (χ3n) is 5.74. The Kier molecular flexibility index (Phi) is 7.25. The van der Waals surface area contributed by atoms with Gasteiger partial charge in [-0.15, -0.1) is 0 Å². The summed E-state index contributed by atoms with van der Waals surface area (Å²) in [6.45, 7) is 8.98. The summed E-state index contributed by atoms with van der Waals surface area (Å²) in [7, 11) is 2.18. The van der Waals surface area contributed by atoms with Gasteiger partial charge in [-0.25, -0.2) is 0 Å². The molecule has 9 heteroatoms. The van der Waals surface area contributed by atoms with Gasteiger partial charge in [-0.3, -0.25) is 9.88 Å². The van der Waals surface area contributed by atoms with Gasteiger partial charge in [0.25, 0.3) is 0 Å². The van der Waals surface area contributed by atoms with Gasteiger partial charge in [0.15, 0.2) is 0 Å². The minimum atomic E-state index is 0.608. The maximum Gasteiger partial charge on any atom is 0.231 e. The van der Waals surface area contributed by atoms with Crippen molar-refractivity contribution in [1.82, 2.24) is 29.7 Å². The van der Waals surface area contributed by atoms with Gasteiger partial charge in [-0.1, -0.05) is 6.07 Å². The van der Waals surface area contributed by atoms with Crippen LogP contribution in [0.1, 0.15) is 24.8 Å². The van der Waals surface area contributed by atoms with E-state index in [-0.39, 0.29) is 0 Å². The first-order valence-corrected chi connectivity index (χ1v) is 11.0. The third-order valence-corrected chi connectivity index (χ3v) is 5.74.